The fourth-order valence-electron chi connectivity index (χ4n) is 2.64. The molecule has 4 heterocycles. The molecule has 10 nitrogen and oxygen atoms in total. The maximum Gasteiger partial charge on any atom is 0.245 e. The molecule has 0 saturated heterocycles. The third-order valence-corrected chi connectivity index (χ3v) is 4.01. The zero-order valence-electron chi connectivity index (χ0n) is 15.5. The topological polar surface area (TPSA) is 106 Å². The predicted molar refractivity (Wildman–Crippen MR) is 95.2 cm³/mol. The van der Waals surface area contributed by atoms with Gasteiger partial charge in [-0.25, -0.2) is 9.97 Å². The first-order valence-corrected chi connectivity index (χ1v) is 7.84. The number of aryl methyl sites for hydroxylation is 4. The van der Waals surface area contributed by atoms with Gasteiger partial charge in [-0.15, -0.1) is 0 Å². The molecular formula is C16H20N8O2. The SMILES string of the molecule is COc1ncnc2c(C)n(C)nc12.COc1ncnc2c(C)nn(C)c12. The average molecular weight is 356 g/mol. The number of hydrogen-bond donors (Lipinski definition) is 0. The second-order valence-electron chi connectivity index (χ2n) is 5.58. The largest absolute Gasteiger partial charge is 0.479 e. The van der Waals surface area contributed by atoms with Crippen molar-refractivity contribution in [2.75, 3.05) is 14.2 Å². The van der Waals surface area contributed by atoms with Crippen molar-refractivity contribution in [3.63, 3.8) is 0 Å². The van der Waals surface area contributed by atoms with E-state index in [-0.39, 0.29) is 0 Å². The van der Waals surface area contributed by atoms with Crippen molar-refractivity contribution >= 4 is 22.1 Å². The van der Waals surface area contributed by atoms with E-state index in [1.165, 1.54) is 12.7 Å². The molecule has 0 N–H and O–H groups in total. The van der Waals surface area contributed by atoms with Crippen LogP contribution in [0.15, 0.2) is 12.7 Å². The van der Waals surface area contributed by atoms with Crippen LogP contribution >= 0.6 is 0 Å². The fraction of sp³-hybridized carbons (Fsp3) is 0.375. The molecule has 26 heavy (non-hydrogen) atoms. The number of rotatable bonds is 2. The molecular weight excluding hydrogens is 336 g/mol. The molecule has 0 aromatic carbocycles. The quantitative estimate of drug-likeness (QED) is 0.530. The third-order valence-electron chi connectivity index (χ3n) is 4.01. The summed E-state index contributed by atoms with van der Waals surface area (Å²) < 4.78 is 13.7. The van der Waals surface area contributed by atoms with E-state index in [0.717, 1.165) is 27.9 Å². The van der Waals surface area contributed by atoms with Crippen LogP contribution in [0, 0.1) is 13.8 Å². The van der Waals surface area contributed by atoms with Gasteiger partial charge < -0.3 is 9.47 Å². The normalized spacial score (nSPS) is 10.7. The first-order chi connectivity index (χ1) is 12.5. The molecule has 0 saturated carbocycles. The number of nitrogens with zero attached hydrogens (tertiary/aromatic N) is 8. The molecule has 0 bridgehead atoms. The van der Waals surface area contributed by atoms with Crippen molar-refractivity contribution < 1.29 is 9.47 Å². The highest BCUT2D eigenvalue weighted by molar-refractivity contribution is 5.82. The summed E-state index contributed by atoms with van der Waals surface area (Å²) in [5.74, 6) is 1.09. The molecule has 0 aliphatic heterocycles. The van der Waals surface area contributed by atoms with E-state index in [2.05, 4.69) is 30.1 Å². The van der Waals surface area contributed by atoms with Gasteiger partial charge in [0.25, 0.3) is 0 Å². The summed E-state index contributed by atoms with van der Waals surface area (Å²) >= 11 is 0. The van der Waals surface area contributed by atoms with Gasteiger partial charge in [-0.3, -0.25) is 9.36 Å². The Kier molecular flexibility index (Phi) is 4.65. The van der Waals surface area contributed by atoms with Crippen LogP contribution < -0.4 is 9.47 Å². The Hall–Kier alpha value is -3.30. The molecule has 0 amide bonds. The second kappa shape index (κ2) is 6.90. The lowest BCUT2D eigenvalue weighted by Crippen LogP contribution is -1.95. The maximum absolute atomic E-state index is 5.11. The van der Waals surface area contributed by atoms with Gasteiger partial charge in [0.2, 0.25) is 11.8 Å². The molecule has 0 atom stereocenters. The first kappa shape index (κ1) is 17.5. The number of methoxy groups -OCH3 is 2. The standard InChI is InChI=1S/2C8H10N4O/c1-5-6-7(11-12(5)2)8(13-3)10-4-9-6;1-5-6-7(12(2)11-5)8(13-3)10-4-9-6/h2*4H,1-3H3. The zero-order valence-corrected chi connectivity index (χ0v) is 15.5. The summed E-state index contributed by atoms with van der Waals surface area (Å²) in [7, 11) is 6.88. The van der Waals surface area contributed by atoms with Crippen molar-refractivity contribution in [3.05, 3.63) is 24.0 Å². The van der Waals surface area contributed by atoms with Gasteiger partial charge in [-0.1, -0.05) is 0 Å². The smallest absolute Gasteiger partial charge is 0.245 e. The molecule has 4 aromatic heterocycles. The zero-order chi connectivity index (χ0) is 18.8. The number of fused-ring (bicyclic) bond motifs is 2. The van der Waals surface area contributed by atoms with E-state index in [1.54, 1.807) is 23.6 Å². The van der Waals surface area contributed by atoms with E-state index in [1.807, 2.05) is 27.9 Å². The monoisotopic (exact) mass is 356 g/mol. The van der Waals surface area contributed by atoms with Crippen molar-refractivity contribution in [2.24, 2.45) is 14.1 Å². The van der Waals surface area contributed by atoms with Gasteiger partial charge in [0.1, 0.15) is 29.2 Å². The Morgan fingerprint density at radius 2 is 1.35 bits per heavy atom. The van der Waals surface area contributed by atoms with Crippen molar-refractivity contribution in [3.8, 4) is 11.8 Å². The van der Waals surface area contributed by atoms with Crippen LogP contribution in [0.2, 0.25) is 0 Å². The Bertz CT molecular complexity index is 1060. The maximum atomic E-state index is 5.11. The fourth-order valence-corrected chi connectivity index (χ4v) is 2.64. The highest BCUT2D eigenvalue weighted by Crippen LogP contribution is 2.22. The summed E-state index contributed by atoms with van der Waals surface area (Å²) in [6.07, 6.45) is 2.96. The molecule has 0 spiro atoms. The van der Waals surface area contributed by atoms with Crippen LogP contribution in [0.4, 0.5) is 0 Å². The molecule has 4 rings (SSSR count). The van der Waals surface area contributed by atoms with Gasteiger partial charge in [0.15, 0.2) is 5.52 Å². The minimum atomic E-state index is 0.522. The Labute approximate surface area is 149 Å². The lowest BCUT2D eigenvalue weighted by atomic mass is 10.3. The number of hydrogen-bond acceptors (Lipinski definition) is 8. The van der Waals surface area contributed by atoms with E-state index < -0.39 is 0 Å². The van der Waals surface area contributed by atoms with Gasteiger partial charge in [-0.2, -0.15) is 20.2 Å². The number of aromatic nitrogens is 8. The summed E-state index contributed by atoms with van der Waals surface area (Å²) in [5.41, 5.74) is 5.13. The van der Waals surface area contributed by atoms with Crippen molar-refractivity contribution in [1.82, 2.24) is 39.5 Å². The molecule has 10 heteroatoms. The summed E-state index contributed by atoms with van der Waals surface area (Å²) in [6.45, 7) is 3.87. The molecule has 0 aliphatic rings. The lowest BCUT2D eigenvalue weighted by molar-refractivity contribution is 0.400. The van der Waals surface area contributed by atoms with Crippen molar-refractivity contribution in [2.45, 2.75) is 13.8 Å². The van der Waals surface area contributed by atoms with Gasteiger partial charge >= 0.3 is 0 Å². The third kappa shape index (κ3) is 2.89. The van der Waals surface area contributed by atoms with Gasteiger partial charge in [0.05, 0.1) is 25.6 Å². The minimum Gasteiger partial charge on any atom is -0.479 e. The average Bonchev–Trinajstić information content (AvgIpc) is 3.11. The highest BCUT2D eigenvalue weighted by Gasteiger charge is 2.12. The van der Waals surface area contributed by atoms with E-state index >= 15 is 0 Å². The summed E-state index contributed by atoms with van der Waals surface area (Å²) in [6, 6.07) is 0. The Morgan fingerprint density at radius 3 is 2.00 bits per heavy atom. The lowest BCUT2D eigenvalue weighted by Gasteiger charge is -1.99. The molecule has 0 unspecified atom stereocenters. The molecule has 4 aromatic rings. The van der Waals surface area contributed by atoms with Crippen LogP contribution in [-0.2, 0) is 14.1 Å². The summed E-state index contributed by atoms with van der Waals surface area (Å²) in [5, 5.41) is 8.48. The van der Waals surface area contributed by atoms with E-state index in [4.69, 9.17) is 9.47 Å². The molecule has 0 fully saturated rings. The number of ether oxygens (including phenoxy) is 2. The van der Waals surface area contributed by atoms with Crippen LogP contribution in [0.5, 0.6) is 11.8 Å². The molecule has 0 radical (unpaired) electrons. The Morgan fingerprint density at radius 1 is 0.731 bits per heavy atom. The molecule has 0 aliphatic carbocycles. The predicted octanol–water partition coefficient (Wildman–Crippen LogP) is 1.36. The minimum absolute atomic E-state index is 0.522. The van der Waals surface area contributed by atoms with Crippen LogP contribution in [0.1, 0.15) is 11.4 Å². The second-order valence-corrected chi connectivity index (χ2v) is 5.58. The first-order valence-electron chi connectivity index (χ1n) is 7.84. The van der Waals surface area contributed by atoms with Gasteiger partial charge in [-0.05, 0) is 13.8 Å². The van der Waals surface area contributed by atoms with Crippen LogP contribution in [0.3, 0.4) is 0 Å². The van der Waals surface area contributed by atoms with Gasteiger partial charge in [0, 0.05) is 14.1 Å². The summed E-state index contributed by atoms with van der Waals surface area (Å²) in [4.78, 5) is 16.2. The Balaban J connectivity index is 0.000000151. The van der Waals surface area contributed by atoms with E-state index in [0.29, 0.717) is 17.3 Å². The van der Waals surface area contributed by atoms with Crippen molar-refractivity contribution in [1.29, 1.82) is 0 Å². The molecule has 136 valence electrons. The van der Waals surface area contributed by atoms with E-state index in [9.17, 15) is 0 Å². The van der Waals surface area contributed by atoms with Crippen LogP contribution in [0.25, 0.3) is 22.1 Å². The van der Waals surface area contributed by atoms with Crippen LogP contribution in [-0.4, -0.2) is 53.7 Å². The highest BCUT2D eigenvalue weighted by atomic mass is 16.5.